The molecule has 0 aliphatic carbocycles. The van der Waals surface area contributed by atoms with Gasteiger partial charge >= 0.3 is 0 Å². The molecule has 0 heterocycles. The van der Waals surface area contributed by atoms with Gasteiger partial charge in [-0.15, -0.1) is 0 Å². The average Bonchev–Trinajstić information content (AvgIpc) is 2.42. The van der Waals surface area contributed by atoms with Crippen molar-refractivity contribution < 1.29 is 14.7 Å². The molecule has 0 atom stereocenters. The summed E-state index contributed by atoms with van der Waals surface area (Å²) < 4.78 is 10.9. The smallest absolute Gasteiger partial charge is 0.170 e. The number of ether oxygens (including phenoxy) is 2. The normalized spacial score (nSPS) is 11.7. The molecule has 19 heavy (non-hydrogen) atoms. The van der Waals surface area contributed by atoms with Gasteiger partial charge in [0.15, 0.2) is 17.3 Å². The van der Waals surface area contributed by atoms with E-state index in [1.807, 2.05) is 0 Å². The summed E-state index contributed by atoms with van der Waals surface area (Å²) in [5.74, 6) is 1.97. The van der Waals surface area contributed by atoms with Crippen molar-refractivity contribution in [1.29, 1.82) is 0 Å². The van der Waals surface area contributed by atoms with E-state index in [9.17, 15) is 0 Å². The third-order valence-corrected chi connectivity index (χ3v) is 2.75. The molecule has 0 aliphatic heterocycles. The average molecular weight is 266 g/mol. The van der Waals surface area contributed by atoms with Gasteiger partial charge < -0.3 is 20.4 Å². The summed E-state index contributed by atoms with van der Waals surface area (Å²) in [5, 5.41) is 11.6. The summed E-state index contributed by atoms with van der Waals surface area (Å²) in [6, 6.07) is 5.18. The van der Waals surface area contributed by atoms with Gasteiger partial charge in [-0.05, 0) is 37.0 Å². The van der Waals surface area contributed by atoms with Gasteiger partial charge in [0.05, 0.1) is 13.7 Å². The second-order valence-electron chi connectivity index (χ2n) is 4.74. The molecule has 1 rings (SSSR count). The van der Waals surface area contributed by atoms with Crippen LogP contribution in [0.3, 0.4) is 0 Å². The van der Waals surface area contributed by atoms with E-state index in [1.54, 1.807) is 25.3 Å². The maximum Gasteiger partial charge on any atom is 0.170 e. The molecule has 5 heteroatoms. The van der Waals surface area contributed by atoms with Gasteiger partial charge in [0.2, 0.25) is 0 Å². The van der Waals surface area contributed by atoms with Gasteiger partial charge in [0.25, 0.3) is 0 Å². The third-order valence-electron chi connectivity index (χ3n) is 2.75. The van der Waals surface area contributed by atoms with Crippen LogP contribution in [0.15, 0.2) is 23.4 Å². The minimum Gasteiger partial charge on any atom is -0.493 e. The van der Waals surface area contributed by atoms with Gasteiger partial charge in [-0.2, -0.15) is 0 Å². The van der Waals surface area contributed by atoms with Gasteiger partial charge in [-0.1, -0.05) is 19.0 Å². The Bertz CT molecular complexity index is 431. The number of methoxy groups -OCH3 is 1. The molecule has 0 radical (unpaired) electrons. The van der Waals surface area contributed by atoms with E-state index in [2.05, 4.69) is 19.0 Å². The minimum atomic E-state index is 0.0460. The highest BCUT2D eigenvalue weighted by atomic mass is 16.5. The zero-order valence-electron chi connectivity index (χ0n) is 11.7. The van der Waals surface area contributed by atoms with Crippen LogP contribution in [0.4, 0.5) is 0 Å². The first-order valence-corrected chi connectivity index (χ1v) is 6.37. The number of hydrogen-bond acceptors (Lipinski definition) is 4. The molecule has 3 N–H and O–H groups in total. The van der Waals surface area contributed by atoms with E-state index < -0.39 is 0 Å². The molecule has 1 aromatic rings. The lowest BCUT2D eigenvalue weighted by Gasteiger charge is -2.12. The Balaban J connectivity index is 2.68. The summed E-state index contributed by atoms with van der Waals surface area (Å²) in [5.41, 5.74) is 6.12. The molecule has 0 aliphatic rings. The molecule has 0 unspecified atom stereocenters. The molecule has 0 saturated carbocycles. The fraction of sp³-hybridized carbons (Fsp3) is 0.500. The van der Waals surface area contributed by atoms with Crippen molar-refractivity contribution in [3.63, 3.8) is 0 Å². The summed E-state index contributed by atoms with van der Waals surface area (Å²) in [6.45, 7) is 5.02. The van der Waals surface area contributed by atoms with Crippen molar-refractivity contribution in [2.75, 3.05) is 13.7 Å². The van der Waals surface area contributed by atoms with Gasteiger partial charge in [-0.25, -0.2) is 0 Å². The SMILES string of the molecule is COc1cc(/C(N)=N/O)ccc1OCCCC(C)C. The van der Waals surface area contributed by atoms with Crippen molar-refractivity contribution in [2.24, 2.45) is 16.8 Å². The molecule has 0 aromatic heterocycles. The summed E-state index contributed by atoms with van der Waals surface area (Å²) in [6.07, 6.45) is 2.13. The zero-order valence-corrected chi connectivity index (χ0v) is 11.7. The molecule has 0 saturated heterocycles. The number of oxime groups is 1. The monoisotopic (exact) mass is 266 g/mol. The molecule has 106 valence electrons. The van der Waals surface area contributed by atoms with Crippen LogP contribution in [0.1, 0.15) is 32.3 Å². The first-order chi connectivity index (χ1) is 9.08. The van der Waals surface area contributed by atoms with Crippen LogP contribution in [0, 0.1) is 5.92 Å². The number of rotatable bonds is 7. The summed E-state index contributed by atoms with van der Waals surface area (Å²) >= 11 is 0. The summed E-state index contributed by atoms with van der Waals surface area (Å²) in [4.78, 5) is 0. The highest BCUT2D eigenvalue weighted by molar-refractivity contribution is 5.97. The van der Waals surface area contributed by atoms with Crippen LogP contribution in [0.25, 0.3) is 0 Å². The van der Waals surface area contributed by atoms with Gasteiger partial charge in [0.1, 0.15) is 0 Å². The lowest BCUT2D eigenvalue weighted by molar-refractivity contribution is 0.279. The Morgan fingerprint density at radius 1 is 1.37 bits per heavy atom. The highest BCUT2D eigenvalue weighted by Crippen LogP contribution is 2.28. The molecule has 1 aromatic carbocycles. The Labute approximate surface area is 114 Å². The van der Waals surface area contributed by atoms with Gasteiger partial charge in [0, 0.05) is 5.56 Å². The molecule has 0 bridgehead atoms. The van der Waals surface area contributed by atoms with Crippen molar-refractivity contribution in [3.8, 4) is 11.5 Å². The second-order valence-corrected chi connectivity index (χ2v) is 4.74. The van der Waals surface area contributed by atoms with E-state index in [1.165, 1.54) is 0 Å². The predicted octanol–water partition coefficient (Wildman–Crippen LogP) is 2.60. The second kappa shape index (κ2) is 7.51. The molecule has 0 amide bonds. The third kappa shape index (κ3) is 4.69. The van der Waals surface area contributed by atoms with E-state index >= 15 is 0 Å². The first kappa shape index (κ1) is 15.1. The van der Waals surface area contributed by atoms with E-state index in [-0.39, 0.29) is 5.84 Å². The fourth-order valence-corrected chi connectivity index (χ4v) is 1.68. The molecule has 5 nitrogen and oxygen atoms in total. The quantitative estimate of drug-likeness (QED) is 0.261. The van der Waals surface area contributed by atoms with E-state index in [4.69, 9.17) is 20.4 Å². The maximum absolute atomic E-state index is 8.64. The lowest BCUT2D eigenvalue weighted by Crippen LogP contribution is -2.13. The van der Waals surface area contributed by atoms with Crippen LogP contribution in [-0.2, 0) is 0 Å². The van der Waals surface area contributed by atoms with Crippen molar-refractivity contribution in [2.45, 2.75) is 26.7 Å². The van der Waals surface area contributed by atoms with Crippen LogP contribution >= 0.6 is 0 Å². The van der Waals surface area contributed by atoms with E-state index in [0.29, 0.717) is 29.6 Å². The Morgan fingerprint density at radius 3 is 2.68 bits per heavy atom. The van der Waals surface area contributed by atoms with Crippen molar-refractivity contribution in [3.05, 3.63) is 23.8 Å². The Hall–Kier alpha value is -1.91. The van der Waals surface area contributed by atoms with Crippen LogP contribution < -0.4 is 15.2 Å². The number of nitrogens with two attached hydrogens (primary N) is 1. The largest absolute Gasteiger partial charge is 0.493 e. The van der Waals surface area contributed by atoms with Gasteiger partial charge in [-0.3, -0.25) is 0 Å². The maximum atomic E-state index is 8.64. The van der Waals surface area contributed by atoms with Crippen molar-refractivity contribution >= 4 is 5.84 Å². The number of hydrogen-bond donors (Lipinski definition) is 2. The zero-order chi connectivity index (χ0) is 14.3. The standard InChI is InChI=1S/C14H22N2O3/c1-10(2)5-4-8-19-12-7-6-11(14(15)16-17)9-13(12)18-3/h6-7,9-10,17H,4-5,8H2,1-3H3,(H2,15,16). The number of benzene rings is 1. The molecular formula is C14H22N2O3. The topological polar surface area (TPSA) is 77.1 Å². The molecular weight excluding hydrogens is 244 g/mol. The highest BCUT2D eigenvalue weighted by Gasteiger charge is 2.08. The van der Waals surface area contributed by atoms with Crippen molar-refractivity contribution in [1.82, 2.24) is 0 Å². The molecule has 0 fully saturated rings. The molecule has 0 spiro atoms. The predicted molar refractivity (Wildman–Crippen MR) is 75.1 cm³/mol. The number of amidine groups is 1. The Kier molecular flexibility index (Phi) is 5.99. The van der Waals surface area contributed by atoms with E-state index in [0.717, 1.165) is 12.8 Å². The Morgan fingerprint density at radius 2 is 2.11 bits per heavy atom. The lowest BCUT2D eigenvalue weighted by atomic mass is 10.1. The van der Waals surface area contributed by atoms with Crippen LogP contribution in [0.5, 0.6) is 11.5 Å². The fourth-order valence-electron chi connectivity index (χ4n) is 1.68. The first-order valence-electron chi connectivity index (χ1n) is 6.37. The van der Waals surface area contributed by atoms with Crippen LogP contribution in [-0.4, -0.2) is 24.8 Å². The van der Waals surface area contributed by atoms with Crippen LogP contribution in [0.2, 0.25) is 0 Å². The number of nitrogens with zero attached hydrogens (tertiary/aromatic N) is 1. The summed E-state index contributed by atoms with van der Waals surface area (Å²) in [7, 11) is 1.56. The minimum absolute atomic E-state index is 0.0460.